The van der Waals surface area contributed by atoms with Crippen LogP contribution in [0.5, 0.6) is 0 Å². The third-order valence-corrected chi connectivity index (χ3v) is 5.56. The Kier molecular flexibility index (Phi) is 6.67. The van der Waals surface area contributed by atoms with Crippen LogP contribution < -0.4 is 5.32 Å². The van der Waals surface area contributed by atoms with Crippen LogP contribution in [0.3, 0.4) is 0 Å². The molecule has 0 radical (unpaired) electrons. The van der Waals surface area contributed by atoms with E-state index in [1.54, 1.807) is 23.6 Å². The number of carboxylic acids is 1. The molecule has 0 aliphatic carbocycles. The van der Waals surface area contributed by atoms with Crippen molar-refractivity contribution >= 4 is 51.5 Å². The molecule has 28 heavy (non-hydrogen) atoms. The zero-order valence-corrected chi connectivity index (χ0v) is 16.9. The molecule has 0 unspecified atom stereocenters. The van der Waals surface area contributed by atoms with Crippen LogP contribution in [0, 0.1) is 5.92 Å². The van der Waals surface area contributed by atoms with E-state index in [0.717, 1.165) is 11.1 Å². The van der Waals surface area contributed by atoms with Crippen molar-refractivity contribution in [2.75, 3.05) is 5.32 Å². The summed E-state index contributed by atoms with van der Waals surface area (Å²) in [6.45, 7) is 0. The Morgan fingerprint density at radius 2 is 1.86 bits per heavy atom. The molecule has 5 nitrogen and oxygen atoms in total. The Morgan fingerprint density at radius 1 is 1.11 bits per heavy atom. The largest absolute Gasteiger partial charge is 0.481 e. The Labute approximate surface area is 176 Å². The number of carbonyl (C=O) groups excluding carboxylic acids is 1. The van der Waals surface area contributed by atoms with E-state index in [4.69, 9.17) is 28.3 Å². The summed E-state index contributed by atoms with van der Waals surface area (Å²) in [7, 11) is 0. The molecule has 0 spiro atoms. The van der Waals surface area contributed by atoms with Crippen LogP contribution in [0.25, 0.3) is 11.3 Å². The first kappa shape index (κ1) is 20.3. The highest BCUT2D eigenvalue weighted by Gasteiger charge is 2.23. The third kappa shape index (κ3) is 5.32. The van der Waals surface area contributed by atoms with E-state index in [9.17, 15) is 9.59 Å². The second-order valence-corrected chi connectivity index (χ2v) is 7.81. The van der Waals surface area contributed by atoms with Crippen molar-refractivity contribution in [1.82, 2.24) is 4.98 Å². The molecule has 1 heterocycles. The number of carboxylic acid groups (broad SMARTS) is 1. The zero-order valence-electron chi connectivity index (χ0n) is 14.6. The van der Waals surface area contributed by atoms with Gasteiger partial charge in [0.15, 0.2) is 5.13 Å². The van der Waals surface area contributed by atoms with Gasteiger partial charge in [-0.3, -0.25) is 9.59 Å². The fourth-order valence-corrected chi connectivity index (χ4v) is 3.71. The highest BCUT2D eigenvalue weighted by atomic mass is 35.5. The van der Waals surface area contributed by atoms with Gasteiger partial charge in [0, 0.05) is 10.9 Å². The van der Waals surface area contributed by atoms with E-state index in [0.29, 0.717) is 27.3 Å². The molecule has 0 aliphatic heterocycles. The predicted molar refractivity (Wildman–Crippen MR) is 112 cm³/mol. The lowest BCUT2D eigenvalue weighted by atomic mass is 9.95. The standard InChI is InChI=1S/C20H16Cl2N2O3S/c21-15-7-6-13(9-16(15)22)17-11-28-20(23-17)24-19(27)14(10-18(25)26)8-12-4-2-1-3-5-12/h1-7,9,11,14H,8,10H2,(H,25,26)(H,23,24,27)/t14-/m1/s1. The van der Waals surface area contributed by atoms with Crippen LogP contribution in [-0.4, -0.2) is 22.0 Å². The maximum atomic E-state index is 12.7. The second kappa shape index (κ2) is 9.19. The summed E-state index contributed by atoms with van der Waals surface area (Å²) in [5.41, 5.74) is 2.33. The first-order valence-electron chi connectivity index (χ1n) is 8.40. The lowest BCUT2D eigenvalue weighted by molar-refractivity contribution is -0.140. The van der Waals surface area contributed by atoms with Gasteiger partial charge in [0.1, 0.15) is 0 Å². The first-order chi connectivity index (χ1) is 13.4. The third-order valence-electron chi connectivity index (χ3n) is 4.07. The molecule has 0 fully saturated rings. The number of nitrogens with one attached hydrogen (secondary N) is 1. The van der Waals surface area contributed by atoms with Crippen molar-refractivity contribution in [2.24, 2.45) is 5.92 Å². The van der Waals surface area contributed by atoms with Crippen molar-refractivity contribution < 1.29 is 14.7 Å². The number of benzene rings is 2. The fourth-order valence-electron chi connectivity index (χ4n) is 2.69. The number of rotatable bonds is 7. The lowest BCUT2D eigenvalue weighted by Gasteiger charge is -2.14. The van der Waals surface area contributed by atoms with Crippen molar-refractivity contribution in [3.8, 4) is 11.3 Å². The van der Waals surface area contributed by atoms with Crippen LogP contribution in [0.15, 0.2) is 53.9 Å². The maximum absolute atomic E-state index is 12.7. The summed E-state index contributed by atoms with van der Waals surface area (Å²) in [6, 6.07) is 14.5. The van der Waals surface area contributed by atoms with E-state index in [-0.39, 0.29) is 12.3 Å². The monoisotopic (exact) mass is 434 g/mol. The molecule has 0 saturated carbocycles. The van der Waals surface area contributed by atoms with Gasteiger partial charge in [0.05, 0.1) is 28.1 Å². The minimum atomic E-state index is -1.02. The molecule has 2 aromatic carbocycles. The van der Waals surface area contributed by atoms with Crippen LogP contribution in [0.1, 0.15) is 12.0 Å². The average Bonchev–Trinajstić information content (AvgIpc) is 3.12. The number of hydrogen-bond donors (Lipinski definition) is 2. The number of aliphatic carboxylic acids is 1. The van der Waals surface area contributed by atoms with Gasteiger partial charge in [0.25, 0.3) is 0 Å². The van der Waals surface area contributed by atoms with E-state index in [1.807, 2.05) is 30.3 Å². The minimum absolute atomic E-state index is 0.258. The molecule has 3 rings (SSSR count). The summed E-state index contributed by atoms with van der Waals surface area (Å²) in [5.74, 6) is -2.09. The maximum Gasteiger partial charge on any atom is 0.304 e. The lowest BCUT2D eigenvalue weighted by Crippen LogP contribution is -2.27. The number of aromatic nitrogens is 1. The van der Waals surface area contributed by atoms with Crippen LogP contribution >= 0.6 is 34.5 Å². The molecule has 1 aromatic heterocycles. The van der Waals surface area contributed by atoms with Gasteiger partial charge in [-0.2, -0.15) is 0 Å². The predicted octanol–water partition coefficient (Wildman–Crippen LogP) is 5.39. The molecular weight excluding hydrogens is 419 g/mol. The molecule has 3 aromatic rings. The van der Waals surface area contributed by atoms with Crippen molar-refractivity contribution in [2.45, 2.75) is 12.8 Å². The van der Waals surface area contributed by atoms with E-state index in [1.165, 1.54) is 11.3 Å². The van der Waals surface area contributed by atoms with Gasteiger partial charge in [-0.15, -0.1) is 11.3 Å². The summed E-state index contributed by atoms with van der Waals surface area (Å²) in [5, 5.41) is 14.9. The highest BCUT2D eigenvalue weighted by molar-refractivity contribution is 7.14. The summed E-state index contributed by atoms with van der Waals surface area (Å²) in [6.07, 6.45) is 0.0791. The molecule has 1 atom stereocenters. The molecular formula is C20H16Cl2N2O3S. The number of nitrogens with zero attached hydrogens (tertiary/aromatic N) is 1. The average molecular weight is 435 g/mol. The van der Waals surface area contributed by atoms with Crippen molar-refractivity contribution in [1.29, 1.82) is 0 Å². The second-order valence-electron chi connectivity index (χ2n) is 6.14. The fraction of sp³-hybridized carbons (Fsp3) is 0.150. The van der Waals surface area contributed by atoms with Crippen LogP contribution in [-0.2, 0) is 16.0 Å². The van der Waals surface area contributed by atoms with Gasteiger partial charge in [0.2, 0.25) is 5.91 Å². The smallest absolute Gasteiger partial charge is 0.304 e. The van der Waals surface area contributed by atoms with Gasteiger partial charge < -0.3 is 10.4 Å². The number of amides is 1. The number of hydrogen-bond acceptors (Lipinski definition) is 4. The number of halogens is 2. The van der Waals surface area contributed by atoms with Crippen LogP contribution in [0.2, 0.25) is 10.0 Å². The molecule has 8 heteroatoms. The van der Waals surface area contributed by atoms with Crippen LogP contribution in [0.4, 0.5) is 5.13 Å². The Hall–Kier alpha value is -2.41. The first-order valence-corrected chi connectivity index (χ1v) is 10.0. The number of carbonyl (C=O) groups is 2. The van der Waals surface area contributed by atoms with E-state index < -0.39 is 11.9 Å². The molecule has 1 amide bonds. The topological polar surface area (TPSA) is 79.3 Å². The van der Waals surface area contributed by atoms with Crippen molar-refractivity contribution in [3.63, 3.8) is 0 Å². The Bertz CT molecular complexity index is 992. The van der Waals surface area contributed by atoms with Gasteiger partial charge in [-0.05, 0) is 24.1 Å². The Morgan fingerprint density at radius 3 is 2.54 bits per heavy atom. The number of anilines is 1. The molecule has 0 bridgehead atoms. The molecule has 2 N–H and O–H groups in total. The summed E-state index contributed by atoms with van der Waals surface area (Å²) < 4.78 is 0. The molecule has 0 aliphatic rings. The van der Waals surface area contributed by atoms with Gasteiger partial charge >= 0.3 is 5.97 Å². The van der Waals surface area contributed by atoms with Gasteiger partial charge in [-0.1, -0.05) is 59.6 Å². The van der Waals surface area contributed by atoms with Gasteiger partial charge in [-0.25, -0.2) is 4.98 Å². The zero-order chi connectivity index (χ0) is 20.1. The summed E-state index contributed by atoms with van der Waals surface area (Å²) in [4.78, 5) is 28.2. The normalized spacial score (nSPS) is 11.8. The van der Waals surface area contributed by atoms with E-state index in [2.05, 4.69) is 10.3 Å². The van der Waals surface area contributed by atoms with Crippen molar-refractivity contribution in [3.05, 3.63) is 69.5 Å². The molecule has 144 valence electrons. The quantitative estimate of drug-likeness (QED) is 0.522. The SMILES string of the molecule is O=C(O)C[C@@H](Cc1ccccc1)C(=O)Nc1nc(-c2ccc(Cl)c(Cl)c2)cs1. The van der Waals surface area contributed by atoms with E-state index >= 15 is 0 Å². The minimum Gasteiger partial charge on any atom is -0.481 e. The molecule has 0 saturated heterocycles. The Balaban J connectivity index is 1.73. The summed E-state index contributed by atoms with van der Waals surface area (Å²) >= 11 is 13.2. The highest BCUT2D eigenvalue weighted by Crippen LogP contribution is 2.30. The number of thiazole rings is 1.